The van der Waals surface area contributed by atoms with Crippen molar-refractivity contribution in [3.05, 3.63) is 65.7 Å². The second-order valence-corrected chi connectivity index (χ2v) is 9.35. The molecule has 1 N–H and O–H groups in total. The first-order valence-electron chi connectivity index (χ1n) is 12.3. The number of rotatable bonds is 10. The smallest absolute Gasteiger partial charge is 0.261 e. The average Bonchev–Trinajstić information content (AvgIpc) is 2.84. The van der Waals surface area contributed by atoms with Gasteiger partial charge in [-0.25, -0.2) is 0 Å². The van der Waals surface area contributed by atoms with Crippen LogP contribution in [-0.4, -0.2) is 41.9 Å². The first kappa shape index (κ1) is 24.8. The summed E-state index contributed by atoms with van der Waals surface area (Å²) in [5.74, 6) is 0.850. The fraction of sp³-hybridized carbons (Fsp3) is 0.500. The molecule has 0 heterocycles. The molecule has 1 fully saturated rings. The third-order valence-corrected chi connectivity index (χ3v) is 6.51. The molecule has 2 aromatic rings. The van der Waals surface area contributed by atoms with Crippen LogP contribution in [0, 0.1) is 0 Å². The fourth-order valence-electron chi connectivity index (χ4n) is 4.32. The Kier molecular flexibility index (Phi) is 9.35. The predicted octanol–water partition coefficient (Wildman–Crippen LogP) is 5.10. The van der Waals surface area contributed by atoms with Crippen molar-refractivity contribution < 1.29 is 14.3 Å². The van der Waals surface area contributed by atoms with E-state index in [2.05, 4.69) is 19.2 Å². The van der Waals surface area contributed by atoms with E-state index in [1.54, 1.807) is 4.90 Å². The van der Waals surface area contributed by atoms with E-state index >= 15 is 0 Å². The van der Waals surface area contributed by atoms with Gasteiger partial charge in [0.25, 0.3) is 5.91 Å². The molecule has 0 radical (unpaired) electrons. The highest BCUT2D eigenvalue weighted by atomic mass is 16.5. The number of ether oxygens (including phenoxy) is 1. The summed E-state index contributed by atoms with van der Waals surface area (Å²) >= 11 is 0. The zero-order valence-corrected chi connectivity index (χ0v) is 20.3. The second kappa shape index (κ2) is 12.4. The molecule has 3 rings (SSSR count). The molecule has 0 saturated heterocycles. The zero-order chi connectivity index (χ0) is 23.6. The summed E-state index contributed by atoms with van der Waals surface area (Å²) < 4.78 is 5.79. The van der Waals surface area contributed by atoms with Crippen molar-refractivity contribution in [2.75, 3.05) is 13.2 Å². The summed E-state index contributed by atoms with van der Waals surface area (Å²) in [7, 11) is 0. The number of hydrogen-bond donors (Lipinski definition) is 1. The Morgan fingerprint density at radius 2 is 1.64 bits per heavy atom. The Bertz CT molecular complexity index is 874. The van der Waals surface area contributed by atoms with Gasteiger partial charge >= 0.3 is 0 Å². The van der Waals surface area contributed by atoms with E-state index in [0.717, 1.165) is 31.2 Å². The maximum absolute atomic E-state index is 13.2. The third kappa shape index (κ3) is 7.62. The monoisotopic (exact) mass is 450 g/mol. The molecule has 2 aromatic carbocycles. The van der Waals surface area contributed by atoms with Crippen LogP contribution in [0.5, 0.6) is 5.75 Å². The van der Waals surface area contributed by atoms with Crippen molar-refractivity contribution >= 4 is 11.8 Å². The highest BCUT2D eigenvalue weighted by Crippen LogP contribution is 2.20. The van der Waals surface area contributed by atoms with E-state index in [9.17, 15) is 9.59 Å². The standard InChI is InChI=1S/C28H38N2O3/c1-21(2)24-14-16-26(17-15-24)33-20-27(31)30(19-18-23-10-6-4-7-11-23)22(3)28(32)29-25-12-8-5-9-13-25/h4,6-7,10-11,14-17,21-22,25H,5,8-9,12-13,18-20H2,1-3H3,(H,29,32). The summed E-state index contributed by atoms with van der Waals surface area (Å²) in [5, 5.41) is 3.17. The quantitative estimate of drug-likeness (QED) is 0.548. The van der Waals surface area contributed by atoms with Gasteiger partial charge in [0, 0.05) is 12.6 Å². The molecule has 178 valence electrons. The molecule has 1 atom stereocenters. The molecule has 1 aliphatic rings. The third-order valence-electron chi connectivity index (χ3n) is 6.51. The topological polar surface area (TPSA) is 58.6 Å². The highest BCUT2D eigenvalue weighted by Gasteiger charge is 2.28. The van der Waals surface area contributed by atoms with Crippen LogP contribution in [0.1, 0.15) is 69.9 Å². The van der Waals surface area contributed by atoms with Gasteiger partial charge < -0.3 is 15.0 Å². The van der Waals surface area contributed by atoms with Gasteiger partial charge in [0.2, 0.25) is 5.91 Å². The van der Waals surface area contributed by atoms with E-state index in [0.29, 0.717) is 24.6 Å². The molecule has 33 heavy (non-hydrogen) atoms. The van der Waals surface area contributed by atoms with Crippen LogP contribution < -0.4 is 10.1 Å². The van der Waals surface area contributed by atoms with Crippen LogP contribution in [0.15, 0.2) is 54.6 Å². The number of carbonyl (C=O) groups excluding carboxylic acids is 2. The molecule has 5 heteroatoms. The molecular weight excluding hydrogens is 412 g/mol. The number of carbonyl (C=O) groups is 2. The van der Waals surface area contributed by atoms with Crippen LogP contribution in [0.4, 0.5) is 0 Å². The Balaban J connectivity index is 1.63. The summed E-state index contributed by atoms with van der Waals surface area (Å²) in [6.07, 6.45) is 6.27. The maximum Gasteiger partial charge on any atom is 0.261 e. The van der Waals surface area contributed by atoms with Gasteiger partial charge in [-0.3, -0.25) is 9.59 Å². The number of benzene rings is 2. The van der Waals surface area contributed by atoms with Crippen molar-refractivity contribution in [1.29, 1.82) is 0 Å². The van der Waals surface area contributed by atoms with Crippen LogP contribution in [0.3, 0.4) is 0 Å². The van der Waals surface area contributed by atoms with Gasteiger partial charge in [0.1, 0.15) is 11.8 Å². The van der Waals surface area contributed by atoms with E-state index < -0.39 is 6.04 Å². The van der Waals surface area contributed by atoms with Gasteiger partial charge in [0.15, 0.2) is 6.61 Å². The molecular formula is C28H38N2O3. The second-order valence-electron chi connectivity index (χ2n) is 9.35. The SMILES string of the molecule is CC(C)c1ccc(OCC(=O)N(CCc2ccccc2)C(C)C(=O)NC2CCCCC2)cc1. The van der Waals surface area contributed by atoms with E-state index in [4.69, 9.17) is 4.74 Å². The van der Waals surface area contributed by atoms with Gasteiger partial charge in [-0.05, 0) is 55.4 Å². The number of nitrogens with zero attached hydrogens (tertiary/aromatic N) is 1. The zero-order valence-electron chi connectivity index (χ0n) is 20.3. The Morgan fingerprint density at radius 3 is 2.27 bits per heavy atom. The van der Waals surface area contributed by atoms with Gasteiger partial charge in [-0.1, -0.05) is 75.6 Å². The Labute approximate surface area is 198 Å². The van der Waals surface area contributed by atoms with Crippen LogP contribution in [0.25, 0.3) is 0 Å². The lowest BCUT2D eigenvalue weighted by atomic mass is 9.95. The molecule has 0 aliphatic heterocycles. The molecule has 0 spiro atoms. The summed E-state index contributed by atoms with van der Waals surface area (Å²) in [5.41, 5.74) is 2.37. The van der Waals surface area contributed by atoms with Gasteiger partial charge in [0.05, 0.1) is 0 Å². The van der Waals surface area contributed by atoms with E-state index in [-0.39, 0.29) is 24.5 Å². The maximum atomic E-state index is 13.2. The molecule has 1 saturated carbocycles. The molecule has 1 aliphatic carbocycles. The average molecular weight is 451 g/mol. The fourth-order valence-corrected chi connectivity index (χ4v) is 4.32. The molecule has 1 unspecified atom stereocenters. The lowest BCUT2D eigenvalue weighted by Crippen LogP contribution is -2.52. The molecule has 2 amide bonds. The number of hydrogen-bond acceptors (Lipinski definition) is 3. The number of amides is 2. The van der Waals surface area contributed by atoms with Crippen molar-refractivity contribution in [3.63, 3.8) is 0 Å². The van der Waals surface area contributed by atoms with Crippen molar-refractivity contribution in [3.8, 4) is 5.75 Å². The minimum Gasteiger partial charge on any atom is -0.484 e. The lowest BCUT2D eigenvalue weighted by molar-refractivity contribution is -0.141. The summed E-state index contributed by atoms with van der Waals surface area (Å²) in [6, 6.07) is 17.6. The highest BCUT2D eigenvalue weighted by molar-refractivity contribution is 5.88. The number of nitrogens with one attached hydrogen (secondary N) is 1. The lowest BCUT2D eigenvalue weighted by Gasteiger charge is -2.31. The van der Waals surface area contributed by atoms with Crippen LogP contribution in [0.2, 0.25) is 0 Å². The predicted molar refractivity (Wildman–Crippen MR) is 132 cm³/mol. The minimum absolute atomic E-state index is 0.0791. The summed E-state index contributed by atoms with van der Waals surface area (Å²) in [6.45, 7) is 6.49. The normalized spacial score (nSPS) is 15.2. The van der Waals surface area contributed by atoms with Crippen molar-refractivity contribution in [1.82, 2.24) is 10.2 Å². The minimum atomic E-state index is -0.546. The molecule has 5 nitrogen and oxygen atoms in total. The largest absolute Gasteiger partial charge is 0.484 e. The van der Waals surface area contributed by atoms with Crippen LogP contribution >= 0.6 is 0 Å². The van der Waals surface area contributed by atoms with Gasteiger partial charge in [-0.15, -0.1) is 0 Å². The Morgan fingerprint density at radius 1 is 0.970 bits per heavy atom. The first-order valence-corrected chi connectivity index (χ1v) is 12.3. The first-order chi connectivity index (χ1) is 15.9. The van der Waals surface area contributed by atoms with Crippen LogP contribution in [-0.2, 0) is 16.0 Å². The Hall–Kier alpha value is -2.82. The molecule has 0 aromatic heterocycles. The molecule has 0 bridgehead atoms. The van der Waals surface area contributed by atoms with E-state index in [1.165, 1.54) is 12.0 Å². The van der Waals surface area contributed by atoms with E-state index in [1.807, 2.05) is 61.5 Å². The van der Waals surface area contributed by atoms with Gasteiger partial charge in [-0.2, -0.15) is 0 Å². The van der Waals surface area contributed by atoms with Crippen molar-refractivity contribution in [2.24, 2.45) is 0 Å². The van der Waals surface area contributed by atoms with Crippen molar-refractivity contribution in [2.45, 2.75) is 77.3 Å². The summed E-state index contributed by atoms with van der Waals surface area (Å²) in [4.78, 5) is 27.8.